The molecule has 1 heterocycles. The Morgan fingerprint density at radius 1 is 1.48 bits per heavy atom. The Balaban J connectivity index is 2.32. The van der Waals surface area contributed by atoms with Crippen molar-refractivity contribution >= 4 is 26.0 Å². The van der Waals surface area contributed by atoms with Gasteiger partial charge in [-0.15, -0.1) is 10.2 Å². The second-order valence-electron chi connectivity index (χ2n) is 4.22. The van der Waals surface area contributed by atoms with Gasteiger partial charge in [0.25, 0.3) is 0 Å². The fourth-order valence-electron chi connectivity index (χ4n) is 1.63. The van der Waals surface area contributed by atoms with E-state index in [9.17, 15) is 12.8 Å². The van der Waals surface area contributed by atoms with E-state index in [1.807, 2.05) is 0 Å². The zero-order valence-corrected chi connectivity index (χ0v) is 13.3. The van der Waals surface area contributed by atoms with Crippen LogP contribution in [0, 0.1) is 5.82 Å². The third-order valence-corrected chi connectivity index (χ3v) is 4.62. The highest BCUT2D eigenvalue weighted by molar-refractivity contribution is 9.10. The van der Waals surface area contributed by atoms with Gasteiger partial charge in [0.15, 0.2) is 0 Å². The molecule has 0 spiro atoms. The second kappa shape index (κ2) is 6.18. The molecule has 0 amide bonds. The van der Waals surface area contributed by atoms with Crippen molar-refractivity contribution in [2.45, 2.75) is 18.0 Å². The molecule has 2 N–H and O–H groups in total. The van der Waals surface area contributed by atoms with E-state index >= 15 is 0 Å². The van der Waals surface area contributed by atoms with Crippen molar-refractivity contribution in [3.63, 3.8) is 0 Å². The van der Waals surface area contributed by atoms with Gasteiger partial charge in [0.2, 0.25) is 10.0 Å². The summed E-state index contributed by atoms with van der Waals surface area (Å²) in [5.74, 6) is -0.595. The van der Waals surface area contributed by atoms with Gasteiger partial charge in [-0.1, -0.05) is 15.9 Å². The molecule has 0 saturated heterocycles. The number of hydrogen-bond acceptors (Lipinski definition) is 5. The second-order valence-corrected chi connectivity index (χ2v) is 6.87. The number of aliphatic hydroxyl groups excluding tert-OH is 1. The molecule has 21 heavy (non-hydrogen) atoms. The molecule has 7 nitrogen and oxygen atoms in total. The first-order chi connectivity index (χ1) is 9.85. The SMILES string of the molecule is Cn1cnnc1CNS(=O)(=O)c1cc(Br)cc(CO)c1F. The molecule has 0 aliphatic rings. The molecule has 0 aliphatic carbocycles. The standard InChI is InChI=1S/C11H12BrFN4O3S/c1-17-6-14-16-10(17)4-15-21(19,20)9-3-8(12)2-7(5-18)11(9)13/h2-3,6,15,18H,4-5H2,1H3. The summed E-state index contributed by atoms with van der Waals surface area (Å²) in [6, 6.07) is 2.45. The fourth-order valence-corrected chi connectivity index (χ4v) is 3.41. The third kappa shape index (κ3) is 3.46. The monoisotopic (exact) mass is 378 g/mol. The summed E-state index contributed by atoms with van der Waals surface area (Å²) in [6.45, 7) is -0.726. The minimum Gasteiger partial charge on any atom is -0.392 e. The number of hydrogen-bond donors (Lipinski definition) is 2. The van der Waals surface area contributed by atoms with E-state index in [1.54, 1.807) is 11.6 Å². The van der Waals surface area contributed by atoms with Crippen LogP contribution in [0.4, 0.5) is 4.39 Å². The van der Waals surface area contributed by atoms with Gasteiger partial charge in [-0.3, -0.25) is 0 Å². The Morgan fingerprint density at radius 2 is 2.19 bits per heavy atom. The molecule has 0 atom stereocenters. The first-order valence-corrected chi connectivity index (χ1v) is 8.04. The fraction of sp³-hybridized carbons (Fsp3) is 0.273. The van der Waals surface area contributed by atoms with Crippen molar-refractivity contribution in [2.24, 2.45) is 7.05 Å². The lowest BCUT2D eigenvalue weighted by Crippen LogP contribution is -2.26. The van der Waals surface area contributed by atoms with Crippen LogP contribution in [0.25, 0.3) is 0 Å². The van der Waals surface area contributed by atoms with Crippen LogP contribution in [0.2, 0.25) is 0 Å². The number of halogens is 2. The highest BCUT2D eigenvalue weighted by atomic mass is 79.9. The van der Waals surface area contributed by atoms with Gasteiger partial charge in [-0.25, -0.2) is 17.5 Å². The zero-order valence-electron chi connectivity index (χ0n) is 10.9. The van der Waals surface area contributed by atoms with Crippen molar-refractivity contribution in [2.75, 3.05) is 0 Å². The average molecular weight is 379 g/mol. The highest BCUT2D eigenvalue weighted by Gasteiger charge is 2.22. The van der Waals surface area contributed by atoms with Gasteiger partial charge in [-0.05, 0) is 12.1 Å². The number of sulfonamides is 1. The summed E-state index contributed by atoms with van der Waals surface area (Å²) in [5.41, 5.74) is -0.108. The number of aromatic nitrogens is 3. The van der Waals surface area contributed by atoms with E-state index in [1.165, 1.54) is 12.4 Å². The molecule has 0 saturated carbocycles. The Hall–Kier alpha value is -1.36. The van der Waals surface area contributed by atoms with Gasteiger partial charge < -0.3 is 9.67 Å². The number of nitrogens with zero attached hydrogens (tertiary/aromatic N) is 3. The number of aliphatic hydroxyl groups is 1. The molecule has 0 bridgehead atoms. The molecule has 1 aromatic carbocycles. The van der Waals surface area contributed by atoms with Gasteiger partial charge in [-0.2, -0.15) is 0 Å². The summed E-state index contributed by atoms with van der Waals surface area (Å²) in [7, 11) is -2.43. The number of rotatable bonds is 5. The third-order valence-electron chi connectivity index (χ3n) is 2.76. The Labute approximate surface area is 129 Å². The molecule has 0 unspecified atom stereocenters. The maximum Gasteiger partial charge on any atom is 0.243 e. The summed E-state index contributed by atoms with van der Waals surface area (Å²) in [5, 5.41) is 16.4. The molecule has 114 valence electrons. The first-order valence-electron chi connectivity index (χ1n) is 5.76. The summed E-state index contributed by atoms with van der Waals surface area (Å²) in [4.78, 5) is -0.539. The predicted molar refractivity (Wildman–Crippen MR) is 75.1 cm³/mol. The first kappa shape index (κ1) is 16.0. The molecule has 0 aliphatic heterocycles. The zero-order chi connectivity index (χ0) is 15.6. The molecule has 10 heteroatoms. The summed E-state index contributed by atoms with van der Waals surface area (Å²) in [6.07, 6.45) is 1.42. The topological polar surface area (TPSA) is 97.1 Å². The number of benzene rings is 1. The molecule has 1 aromatic heterocycles. The lowest BCUT2D eigenvalue weighted by atomic mass is 10.2. The van der Waals surface area contributed by atoms with Crippen LogP contribution >= 0.6 is 15.9 Å². The Kier molecular flexibility index (Phi) is 4.71. The highest BCUT2D eigenvalue weighted by Crippen LogP contribution is 2.24. The predicted octanol–water partition coefficient (Wildman–Crippen LogP) is 0.687. The van der Waals surface area contributed by atoms with Crippen LogP contribution in [0.15, 0.2) is 27.8 Å². The van der Waals surface area contributed by atoms with Crippen LogP contribution in [0.1, 0.15) is 11.4 Å². The Morgan fingerprint density at radius 3 is 2.76 bits per heavy atom. The van der Waals surface area contributed by atoms with E-state index in [0.717, 1.165) is 6.07 Å². The summed E-state index contributed by atoms with van der Waals surface area (Å²) < 4.78 is 42.5. The lowest BCUT2D eigenvalue weighted by Gasteiger charge is -2.10. The number of aryl methyl sites for hydroxylation is 1. The van der Waals surface area contributed by atoms with Gasteiger partial charge in [0.05, 0.1) is 13.2 Å². The molecule has 0 fully saturated rings. The van der Waals surface area contributed by atoms with Crippen LogP contribution in [-0.2, 0) is 30.2 Å². The smallest absolute Gasteiger partial charge is 0.243 e. The quantitative estimate of drug-likeness (QED) is 0.797. The van der Waals surface area contributed by atoms with E-state index in [0.29, 0.717) is 10.3 Å². The van der Waals surface area contributed by atoms with E-state index in [2.05, 4.69) is 30.8 Å². The maximum atomic E-state index is 14.1. The van der Waals surface area contributed by atoms with Crippen LogP contribution in [0.5, 0.6) is 0 Å². The van der Waals surface area contributed by atoms with Crippen molar-refractivity contribution in [1.29, 1.82) is 0 Å². The Bertz CT molecular complexity index is 763. The van der Waals surface area contributed by atoms with Crippen LogP contribution < -0.4 is 4.72 Å². The van der Waals surface area contributed by atoms with E-state index in [4.69, 9.17) is 5.11 Å². The minimum atomic E-state index is -4.09. The maximum absolute atomic E-state index is 14.1. The molecule has 2 aromatic rings. The van der Waals surface area contributed by atoms with Gasteiger partial charge >= 0.3 is 0 Å². The minimum absolute atomic E-state index is 0.108. The van der Waals surface area contributed by atoms with E-state index in [-0.39, 0.29) is 12.1 Å². The average Bonchev–Trinajstić information content (AvgIpc) is 2.84. The van der Waals surface area contributed by atoms with Crippen LogP contribution in [0.3, 0.4) is 0 Å². The molecular weight excluding hydrogens is 367 g/mol. The number of nitrogens with one attached hydrogen (secondary N) is 1. The normalized spacial score (nSPS) is 11.8. The van der Waals surface area contributed by atoms with Crippen LogP contribution in [-0.4, -0.2) is 28.3 Å². The molecule has 2 rings (SSSR count). The molecular formula is C11H12BrFN4O3S. The largest absolute Gasteiger partial charge is 0.392 e. The van der Waals surface area contributed by atoms with Gasteiger partial charge in [0, 0.05) is 17.1 Å². The summed E-state index contributed by atoms with van der Waals surface area (Å²) >= 11 is 3.09. The van der Waals surface area contributed by atoms with Crippen molar-refractivity contribution in [1.82, 2.24) is 19.5 Å². The van der Waals surface area contributed by atoms with Crippen molar-refractivity contribution in [3.05, 3.63) is 40.1 Å². The van der Waals surface area contributed by atoms with Crippen molar-refractivity contribution in [3.8, 4) is 0 Å². The molecule has 0 radical (unpaired) electrons. The van der Waals surface area contributed by atoms with E-state index < -0.39 is 27.3 Å². The lowest BCUT2D eigenvalue weighted by molar-refractivity contribution is 0.274. The van der Waals surface area contributed by atoms with Gasteiger partial charge in [0.1, 0.15) is 22.9 Å². The van der Waals surface area contributed by atoms with Crippen molar-refractivity contribution < 1.29 is 17.9 Å².